The van der Waals surface area contributed by atoms with Crippen molar-refractivity contribution in [2.24, 2.45) is 0 Å². The van der Waals surface area contributed by atoms with Gasteiger partial charge in [-0.25, -0.2) is 0 Å². The van der Waals surface area contributed by atoms with Gasteiger partial charge in [-0.2, -0.15) is 11.8 Å². The average Bonchev–Trinajstić information content (AvgIpc) is 2.31. The normalized spacial score (nSPS) is 12.6. The zero-order valence-electron chi connectivity index (χ0n) is 10.7. The maximum absolute atomic E-state index is 6.10. The smallest absolute Gasteiger partial charge is 0.0446 e. The highest BCUT2D eigenvalue weighted by molar-refractivity contribution is 7.98. The molecule has 17 heavy (non-hydrogen) atoms. The van der Waals surface area contributed by atoms with Crippen molar-refractivity contribution in [3.8, 4) is 0 Å². The maximum atomic E-state index is 6.10. The Morgan fingerprint density at radius 1 is 1.35 bits per heavy atom. The van der Waals surface area contributed by atoms with Crippen LogP contribution in [0.25, 0.3) is 0 Å². The molecule has 0 saturated carbocycles. The van der Waals surface area contributed by atoms with Gasteiger partial charge in [0, 0.05) is 29.1 Å². The molecule has 0 radical (unpaired) electrons. The summed E-state index contributed by atoms with van der Waals surface area (Å²) in [7, 11) is 0. The van der Waals surface area contributed by atoms with Crippen molar-refractivity contribution in [2.45, 2.75) is 38.5 Å². The van der Waals surface area contributed by atoms with Gasteiger partial charge in [0.2, 0.25) is 0 Å². The van der Waals surface area contributed by atoms with Crippen molar-refractivity contribution in [1.82, 2.24) is 5.32 Å². The monoisotopic (exact) mass is 271 g/mol. The van der Waals surface area contributed by atoms with E-state index in [0.717, 1.165) is 23.1 Å². The van der Waals surface area contributed by atoms with Gasteiger partial charge in [-0.1, -0.05) is 43.1 Å². The third-order valence-electron chi connectivity index (χ3n) is 2.68. The molecule has 0 spiro atoms. The zero-order valence-corrected chi connectivity index (χ0v) is 12.3. The molecular formula is C14H22ClNS. The van der Waals surface area contributed by atoms with E-state index in [1.165, 1.54) is 18.4 Å². The minimum atomic E-state index is 0.640. The highest BCUT2D eigenvalue weighted by Crippen LogP contribution is 2.20. The minimum Gasteiger partial charge on any atom is -0.313 e. The van der Waals surface area contributed by atoms with Crippen LogP contribution in [0.4, 0.5) is 0 Å². The summed E-state index contributed by atoms with van der Waals surface area (Å²) in [6, 6.07) is 8.72. The van der Waals surface area contributed by atoms with Crippen LogP contribution in [-0.4, -0.2) is 18.3 Å². The van der Waals surface area contributed by atoms with E-state index >= 15 is 0 Å². The molecule has 1 aromatic carbocycles. The molecule has 0 fully saturated rings. The summed E-state index contributed by atoms with van der Waals surface area (Å²) in [6.45, 7) is 5.56. The number of nitrogens with one attached hydrogen (secondary N) is 1. The molecule has 0 saturated heterocycles. The number of halogens is 1. The van der Waals surface area contributed by atoms with Crippen LogP contribution in [0.2, 0.25) is 5.02 Å². The second kappa shape index (κ2) is 8.84. The van der Waals surface area contributed by atoms with Crippen LogP contribution in [0.15, 0.2) is 24.3 Å². The average molecular weight is 272 g/mol. The number of benzene rings is 1. The number of hydrogen-bond acceptors (Lipinski definition) is 2. The molecule has 1 nitrogen and oxygen atoms in total. The summed E-state index contributed by atoms with van der Waals surface area (Å²) < 4.78 is 0. The van der Waals surface area contributed by atoms with E-state index in [1.54, 1.807) is 0 Å². The molecule has 0 aliphatic heterocycles. The lowest BCUT2D eigenvalue weighted by Gasteiger charge is -2.12. The van der Waals surface area contributed by atoms with Crippen molar-refractivity contribution in [3.05, 3.63) is 34.9 Å². The Bertz CT molecular complexity index is 317. The number of rotatable bonds is 8. The molecular weight excluding hydrogens is 250 g/mol. The van der Waals surface area contributed by atoms with E-state index in [4.69, 9.17) is 11.6 Å². The third-order valence-corrected chi connectivity index (χ3v) is 4.05. The second-order valence-corrected chi connectivity index (χ2v) is 5.80. The molecule has 1 rings (SSSR count). The summed E-state index contributed by atoms with van der Waals surface area (Å²) in [4.78, 5) is 0. The van der Waals surface area contributed by atoms with Crippen LogP contribution in [-0.2, 0) is 5.75 Å². The summed E-state index contributed by atoms with van der Waals surface area (Å²) in [5.74, 6) is 2.14. The van der Waals surface area contributed by atoms with Gasteiger partial charge >= 0.3 is 0 Å². The molecule has 0 amide bonds. The standard InChI is InChI=1S/C14H22ClNS/c1-3-6-12(2)16-9-10-17-11-13-7-4-5-8-14(13)15/h4-5,7-8,12,16H,3,6,9-11H2,1-2H3. The largest absolute Gasteiger partial charge is 0.313 e. The van der Waals surface area contributed by atoms with E-state index in [2.05, 4.69) is 25.2 Å². The predicted octanol–water partition coefficient (Wildman–Crippen LogP) is 4.35. The summed E-state index contributed by atoms with van der Waals surface area (Å²) >= 11 is 8.03. The van der Waals surface area contributed by atoms with Gasteiger partial charge in [0.05, 0.1) is 0 Å². The van der Waals surface area contributed by atoms with E-state index in [-0.39, 0.29) is 0 Å². The topological polar surface area (TPSA) is 12.0 Å². The lowest BCUT2D eigenvalue weighted by atomic mass is 10.2. The van der Waals surface area contributed by atoms with Crippen LogP contribution < -0.4 is 5.32 Å². The van der Waals surface area contributed by atoms with Crippen LogP contribution in [0.3, 0.4) is 0 Å². The fourth-order valence-corrected chi connectivity index (χ4v) is 2.87. The molecule has 0 bridgehead atoms. The lowest BCUT2D eigenvalue weighted by Crippen LogP contribution is -2.27. The molecule has 0 aliphatic rings. The van der Waals surface area contributed by atoms with E-state index < -0.39 is 0 Å². The Morgan fingerprint density at radius 3 is 2.82 bits per heavy atom. The molecule has 1 N–H and O–H groups in total. The first-order chi connectivity index (χ1) is 8.24. The Balaban J connectivity index is 2.10. The number of hydrogen-bond donors (Lipinski definition) is 1. The Kier molecular flexibility index (Phi) is 7.74. The van der Waals surface area contributed by atoms with Gasteiger partial charge in [-0.05, 0) is 25.0 Å². The van der Waals surface area contributed by atoms with Gasteiger partial charge in [-0.15, -0.1) is 0 Å². The quantitative estimate of drug-likeness (QED) is 0.706. The van der Waals surface area contributed by atoms with E-state index in [1.807, 2.05) is 30.0 Å². The highest BCUT2D eigenvalue weighted by atomic mass is 35.5. The van der Waals surface area contributed by atoms with Crippen molar-refractivity contribution in [3.63, 3.8) is 0 Å². The molecule has 0 aromatic heterocycles. The van der Waals surface area contributed by atoms with Gasteiger partial charge in [-0.3, -0.25) is 0 Å². The van der Waals surface area contributed by atoms with Crippen molar-refractivity contribution in [2.75, 3.05) is 12.3 Å². The Hall–Kier alpha value is -0.180. The van der Waals surface area contributed by atoms with Crippen molar-refractivity contribution < 1.29 is 0 Å². The molecule has 0 heterocycles. The Labute approximate surface area is 114 Å². The molecule has 3 heteroatoms. The summed E-state index contributed by atoms with van der Waals surface area (Å²) in [6.07, 6.45) is 2.51. The van der Waals surface area contributed by atoms with Gasteiger partial charge < -0.3 is 5.32 Å². The molecule has 96 valence electrons. The van der Waals surface area contributed by atoms with Gasteiger partial charge in [0.25, 0.3) is 0 Å². The van der Waals surface area contributed by atoms with Gasteiger partial charge in [0.1, 0.15) is 0 Å². The molecule has 1 aromatic rings. The fourth-order valence-electron chi connectivity index (χ4n) is 1.71. The van der Waals surface area contributed by atoms with E-state index in [0.29, 0.717) is 6.04 Å². The molecule has 1 atom stereocenters. The first kappa shape index (κ1) is 14.9. The summed E-state index contributed by atoms with van der Waals surface area (Å²) in [5.41, 5.74) is 1.24. The third kappa shape index (κ3) is 6.35. The first-order valence-electron chi connectivity index (χ1n) is 6.28. The summed E-state index contributed by atoms with van der Waals surface area (Å²) in [5, 5.41) is 4.41. The van der Waals surface area contributed by atoms with E-state index in [9.17, 15) is 0 Å². The fraction of sp³-hybridized carbons (Fsp3) is 0.571. The maximum Gasteiger partial charge on any atom is 0.0446 e. The second-order valence-electron chi connectivity index (χ2n) is 4.29. The first-order valence-corrected chi connectivity index (χ1v) is 7.81. The van der Waals surface area contributed by atoms with Crippen LogP contribution in [0.1, 0.15) is 32.3 Å². The van der Waals surface area contributed by atoms with Crippen molar-refractivity contribution >= 4 is 23.4 Å². The zero-order chi connectivity index (χ0) is 12.5. The number of thioether (sulfide) groups is 1. The molecule has 1 unspecified atom stereocenters. The molecule has 0 aliphatic carbocycles. The van der Waals surface area contributed by atoms with Crippen LogP contribution in [0, 0.1) is 0 Å². The van der Waals surface area contributed by atoms with Crippen LogP contribution in [0.5, 0.6) is 0 Å². The Morgan fingerprint density at radius 2 is 2.12 bits per heavy atom. The highest BCUT2D eigenvalue weighted by Gasteiger charge is 2.00. The van der Waals surface area contributed by atoms with Crippen molar-refractivity contribution in [1.29, 1.82) is 0 Å². The van der Waals surface area contributed by atoms with Gasteiger partial charge in [0.15, 0.2) is 0 Å². The van der Waals surface area contributed by atoms with Crippen LogP contribution >= 0.6 is 23.4 Å². The SMILES string of the molecule is CCCC(C)NCCSCc1ccccc1Cl. The minimum absolute atomic E-state index is 0.640. The lowest BCUT2D eigenvalue weighted by molar-refractivity contribution is 0.526. The predicted molar refractivity (Wildman–Crippen MR) is 80.0 cm³/mol.